The molecule has 0 unspecified atom stereocenters. The molecular weight excluding hydrogens is 315 g/mol. The molecule has 2 amide bonds. The number of carboxylic acids is 1. The summed E-state index contributed by atoms with van der Waals surface area (Å²) in [6.45, 7) is 4.91. The fraction of sp³-hybridized carbons (Fsp3) is 0.471. The first-order valence-corrected chi connectivity index (χ1v) is 7.71. The highest BCUT2D eigenvalue weighted by atomic mass is 19.1. The molecule has 0 aliphatic heterocycles. The summed E-state index contributed by atoms with van der Waals surface area (Å²) in [5.74, 6) is -2.78. The van der Waals surface area contributed by atoms with E-state index in [2.05, 4.69) is 10.6 Å². The third-order valence-electron chi connectivity index (χ3n) is 3.36. The molecule has 0 heterocycles. The number of rotatable bonds is 8. The first-order valence-electron chi connectivity index (χ1n) is 7.71. The Balaban J connectivity index is 2.85. The van der Waals surface area contributed by atoms with Crippen LogP contribution in [0.2, 0.25) is 0 Å². The van der Waals surface area contributed by atoms with Crippen molar-refractivity contribution in [3.05, 3.63) is 35.6 Å². The zero-order chi connectivity index (χ0) is 18.3. The van der Waals surface area contributed by atoms with Gasteiger partial charge in [0.2, 0.25) is 11.8 Å². The molecule has 0 bridgehead atoms. The predicted octanol–water partition coefficient (Wildman–Crippen LogP) is 0.154. The maximum atomic E-state index is 13.0. The minimum Gasteiger partial charge on any atom is -0.548 e. The van der Waals surface area contributed by atoms with Crippen LogP contribution in [0.25, 0.3) is 0 Å². The molecule has 0 fully saturated rings. The monoisotopic (exact) mass is 337 g/mol. The summed E-state index contributed by atoms with van der Waals surface area (Å²) in [5.41, 5.74) is 0.638. The molecule has 0 aliphatic carbocycles. The van der Waals surface area contributed by atoms with Crippen molar-refractivity contribution in [1.29, 1.82) is 0 Å². The van der Waals surface area contributed by atoms with E-state index in [0.717, 1.165) is 0 Å². The number of halogens is 1. The molecule has 0 aromatic heterocycles. The Hall–Kier alpha value is -2.44. The standard InChI is InChI=1S/C17H23FN2O4/c1-10(2)8-15(17(23)24)20-16(22)14(19-11(3)21)9-12-4-6-13(18)7-5-12/h4-7,10,14-15H,8-9H2,1-3H3,(H,19,21)(H,20,22)(H,23,24)/p-1/t14-,15-/m0/s1. The molecule has 2 N–H and O–H groups in total. The van der Waals surface area contributed by atoms with E-state index in [1.165, 1.54) is 31.2 Å². The average molecular weight is 337 g/mol. The van der Waals surface area contributed by atoms with Gasteiger partial charge in [-0.15, -0.1) is 0 Å². The van der Waals surface area contributed by atoms with Gasteiger partial charge in [-0.2, -0.15) is 0 Å². The maximum Gasteiger partial charge on any atom is 0.243 e. The molecule has 1 rings (SSSR count). The Morgan fingerprint density at radius 3 is 2.12 bits per heavy atom. The van der Waals surface area contributed by atoms with E-state index >= 15 is 0 Å². The van der Waals surface area contributed by atoms with Gasteiger partial charge in [0.25, 0.3) is 0 Å². The molecule has 132 valence electrons. The summed E-state index contributed by atoms with van der Waals surface area (Å²) < 4.78 is 13.0. The van der Waals surface area contributed by atoms with Gasteiger partial charge in [-0.3, -0.25) is 9.59 Å². The zero-order valence-electron chi connectivity index (χ0n) is 14.0. The van der Waals surface area contributed by atoms with Crippen molar-refractivity contribution >= 4 is 17.8 Å². The van der Waals surface area contributed by atoms with Crippen molar-refractivity contribution in [3.63, 3.8) is 0 Å². The van der Waals surface area contributed by atoms with Crippen molar-refractivity contribution < 1.29 is 23.9 Å². The van der Waals surface area contributed by atoms with Gasteiger partial charge in [0, 0.05) is 13.3 Å². The quantitative estimate of drug-likeness (QED) is 0.706. The van der Waals surface area contributed by atoms with Crippen LogP contribution in [-0.2, 0) is 20.8 Å². The highest BCUT2D eigenvalue weighted by Crippen LogP contribution is 2.08. The zero-order valence-corrected chi connectivity index (χ0v) is 14.0. The van der Waals surface area contributed by atoms with Crippen molar-refractivity contribution in [2.24, 2.45) is 5.92 Å². The number of carbonyl (C=O) groups is 3. The molecule has 1 aromatic rings. The van der Waals surface area contributed by atoms with Gasteiger partial charge in [-0.25, -0.2) is 4.39 Å². The van der Waals surface area contributed by atoms with E-state index in [1.807, 2.05) is 13.8 Å². The van der Waals surface area contributed by atoms with Crippen molar-refractivity contribution in [3.8, 4) is 0 Å². The number of nitrogens with one attached hydrogen (secondary N) is 2. The van der Waals surface area contributed by atoms with Gasteiger partial charge in [-0.1, -0.05) is 26.0 Å². The first kappa shape index (κ1) is 19.6. The van der Waals surface area contributed by atoms with E-state index in [1.54, 1.807) is 0 Å². The smallest absolute Gasteiger partial charge is 0.243 e. The number of hydrogen-bond donors (Lipinski definition) is 2. The second kappa shape index (κ2) is 9.00. The Morgan fingerprint density at radius 1 is 1.08 bits per heavy atom. The summed E-state index contributed by atoms with van der Waals surface area (Å²) in [6, 6.07) is 3.41. The molecule has 1 aromatic carbocycles. The minimum atomic E-state index is -1.37. The van der Waals surface area contributed by atoms with E-state index in [9.17, 15) is 23.9 Å². The molecule has 24 heavy (non-hydrogen) atoms. The highest BCUT2D eigenvalue weighted by Gasteiger charge is 2.23. The van der Waals surface area contributed by atoms with Crippen LogP contribution >= 0.6 is 0 Å². The molecule has 0 aliphatic rings. The maximum absolute atomic E-state index is 13.0. The SMILES string of the molecule is CC(=O)N[C@@H](Cc1ccc(F)cc1)C(=O)N[C@@H](CC(C)C)C(=O)[O-]. The van der Waals surface area contributed by atoms with Crippen LogP contribution in [0.1, 0.15) is 32.8 Å². The third-order valence-corrected chi connectivity index (χ3v) is 3.36. The molecule has 0 saturated carbocycles. The predicted molar refractivity (Wildman–Crippen MR) is 84.1 cm³/mol. The fourth-order valence-corrected chi connectivity index (χ4v) is 2.27. The Bertz CT molecular complexity index is 587. The summed E-state index contributed by atoms with van der Waals surface area (Å²) in [6.07, 6.45) is 0.338. The van der Waals surface area contributed by atoms with Gasteiger partial charge in [0.05, 0.1) is 12.0 Å². The van der Waals surface area contributed by atoms with Crippen LogP contribution in [0, 0.1) is 11.7 Å². The summed E-state index contributed by atoms with van der Waals surface area (Å²) in [4.78, 5) is 34.8. The second-order valence-corrected chi connectivity index (χ2v) is 6.09. The molecule has 2 atom stereocenters. The number of carboxylic acid groups (broad SMARTS) is 1. The number of carbonyl (C=O) groups excluding carboxylic acids is 3. The third kappa shape index (κ3) is 6.76. The van der Waals surface area contributed by atoms with Crippen LogP contribution in [0.15, 0.2) is 24.3 Å². The van der Waals surface area contributed by atoms with Crippen molar-refractivity contribution in [1.82, 2.24) is 10.6 Å². The van der Waals surface area contributed by atoms with Gasteiger partial charge in [0.15, 0.2) is 0 Å². The van der Waals surface area contributed by atoms with Gasteiger partial charge in [0.1, 0.15) is 11.9 Å². The average Bonchev–Trinajstić information content (AvgIpc) is 2.47. The van der Waals surface area contributed by atoms with Crippen molar-refractivity contribution in [2.45, 2.75) is 45.7 Å². The van der Waals surface area contributed by atoms with Crippen LogP contribution in [-0.4, -0.2) is 29.9 Å². The summed E-state index contributed by atoms with van der Waals surface area (Å²) in [7, 11) is 0. The van der Waals surface area contributed by atoms with Crippen molar-refractivity contribution in [2.75, 3.05) is 0 Å². The number of aliphatic carboxylic acids is 1. The van der Waals surface area contributed by atoms with Crippen LogP contribution < -0.4 is 15.7 Å². The normalized spacial score (nSPS) is 13.2. The minimum absolute atomic E-state index is 0.0458. The lowest BCUT2D eigenvalue weighted by Gasteiger charge is -2.25. The van der Waals surface area contributed by atoms with Gasteiger partial charge in [-0.05, 0) is 30.0 Å². The van der Waals surface area contributed by atoms with Crippen LogP contribution in [0.4, 0.5) is 4.39 Å². The first-order chi connectivity index (χ1) is 11.2. The molecule has 0 saturated heterocycles. The summed E-state index contributed by atoms with van der Waals surface area (Å²) in [5, 5.41) is 16.0. The lowest BCUT2D eigenvalue weighted by atomic mass is 10.0. The second-order valence-electron chi connectivity index (χ2n) is 6.09. The lowest BCUT2D eigenvalue weighted by molar-refractivity contribution is -0.308. The molecular formula is C17H22FN2O4-. The van der Waals surface area contributed by atoms with E-state index in [-0.39, 0.29) is 18.8 Å². The van der Waals surface area contributed by atoms with Crippen LogP contribution in [0.5, 0.6) is 0 Å². The van der Waals surface area contributed by atoms with Gasteiger partial charge < -0.3 is 20.5 Å². The largest absolute Gasteiger partial charge is 0.548 e. The summed E-state index contributed by atoms with van der Waals surface area (Å²) >= 11 is 0. The number of amides is 2. The Kier molecular flexibility index (Phi) is 7.35. The topological polar surface area (TPSA) is 98.3 Å². The fourth-order valence-electron chi connectivity index (χ4n) is 2.27. The molecule has 0 radical (unpaired) electrons. The van der Waals surface area contributed by atoms with E-state index in [0.29, 0.717) is 5.56 Å². The van der Waals surface area contributed by atoms with E-state index in [4.69, 9.17) is 0 Å². The van der Waals surface area contributed by atoms with Crippen LogP contribution in [0.3, 0.4) is 0 Å². The Labute approximate surface area is 140 Å². The lowest BCUT2D eigenvalue weighted by Crippen LogP contribution is -2.55. The van der Waals surface area contributed by atoms with Gasteiger partial charge >= 0.3 is 0 Å². The number of hydrogen-bond acceptors (Lipinski definition) is 4. The molecule has 0 spiro atoms. The highest BCUT2D eigenvalue weighted by molar-refractivity contribution is 5.89. The molecule has 6 nitrogen and oxygen atoms in total. The Morgan fingerprint density at radius 2 is 1.67 bits per heavy atom. The molecule has 7 heteroatoms. The number of benzene rings is 1. The van der Waals surface area contributed by atoms with E-state index < -0.39 is 35.7 Å².